The van der Waals surface area contributed by atoms with E-state index in [0.717, 1.165) is 4.31 Å². The molecule has 0 atom stereocenters. The van der Waals surface area contributed by atoms with Gasteiger partial charge in [0.05, 0.1) is 10.9 Å². The number of carbonyl (C=O) groups is 1. The molecule has 0 saturated carbocycles. The Bertz CT molecular complexity index is 598. The van der Waals surface area contributed by atoms with Gasteiger partial charge in [-0.25, -0.2) is 8.42 Å². The second-order valence-electron chi connectivity index (χ2n) is 3.93. The van der Waals surface area contributed by atoms with Crippen LogP contribution in [0.15, 0.2) is 27.6 Å². The van der Waals surface area contributed by atoms with E-state index in [1.807, 2.05) is 0 Å². The highest BCUT2D eigenvalue weighted by atomic mass is 79.9. The fourth-order valence-corrected chi connectivity index (χ4v) is 4.16. The van der Waals surface area contributed by atoms with Crippen LogP contribution in [-0.4, -0.2) is 36.9 Å². The third kappa shape index (κ3) is 2.40. The first-order valence-electron chi connectivity index (χ1n) is 5.00. The molecule has 1 aliphatic heterocycles. The number of aliphatic carboxylic acids is 1. The van der Waals surface area contributed by atoms with Crippen molar-refractivity contribution in [3.8, 4) is 0 Å². The number of halogens is 2. The van der Waals surface area contributed by atoms with Crippen LogP contribution in [0.25, 0.3) is 0 Å². The Kier molecular flexibility index (Phi) is 3.68. The first kappa shape index (κ1) is 13.8. The topological polar surface area (TPSA) is 74.7 Å². The van der Waals surface area contributed by atoms with Crippen molar-refractivity contribution in [3.63, 3.8) is 0 Å². The Morgan fingerprint density at radius 1 is 1.44 bits per heavy atom. The molecule has 1 fully saturated rings. The van der Waals surface area contributed by atoms with Gasteiger partial charge in [-0.2, -0.15) is 4.31 Å². The molecular formula is C10H9BrClNO4S. The highest BCUT2D eigenvalue weighted by Gasteiger charge is 2.41. The number of carboxylic acids is 1. The van der Waals surface area contributed by atoms with Gasteiger partial charge in [0.25, 0.3) is 0 Å². The summed E-state index contributed by atoms with van der Waals surface area (Å²) in [6, 6.07) is 4.46. The van der Waals surface area contributed by atoms with Crippen LogP contribution in [0.3, 0.4) is 0 Å². The summed E-state index contributed by atoms with van der Waals surface area (Å²) in [5.41, 5.74) is 0. The number of benzene rings is 1. The summed E-state index contributed by atoms with van der Waals surface area (Å²) in [7, 11) is -3.70. The molecule has 1 aliphatic rings. The first-order chi connectivity index (χ1) is 8.32. The summed E-state index contributed by atoms with van der Waals surface area (Å²) in [6.07, 6.45) is 0. The van der Waals surface area contributed by atoms with Crippen molar-refractivity contribution in [1.82, 2.24) is 4.31 Å². The van der Waals surface area contributed by atoms with Crippen LogP contribution in [0.2, 0.25) is 5.02 Å². The van der Waals surface area contributed by atoms with Crippen molar-refractivity contribution < 1.29 is 18.3 Å². The fourth-order valence-electron chi connectivity index (χ4n) is 1.61. The molecule has 0 aromatic heterocycles. The van der Waals surface area contributed by atoms with Crippen LogP contribution in [-0.2, 0) is 14.8 Å². The Balaban J connectivity index is 2.25. The fraction of sp³-hybridized carbons (Fsp3) is 0.300. The van der Waals surface area contributed by atoms with Crippen LogP contribution < -0.4 is 0 Å². The van der Waals surface area contributed by atoms with Gasteiger partial charge in [0.1, 0.15) is 4.90 Å². The molecule has 18 heavy (non-hydrogen) atoms. The second kappa shape index (κ2) is 4.80. The summed E-state index contributed by atoms with van der Waals surface area (Å²) in [5.74, 6) is -1.61. The molecule has 1 saturated heterocycles. The lowest BCUT2D eigenvalue weighted by Gasteiger charge is -2.35. The molecule has 5 nitrogen and oxygen atoms in total. The molecule has 0 bridgehead atoms. The molecular weight excluding hydrogens is 346 g/mol. The van der Waals surface area contributed by atoms with Gasteiger partial charge in [0.2, 0.25) is 10.0 Å². The molecule has 0 radical (unpaired) electrons. The van der Waals surface area contributed by atoms with Crippen LogP contribution in [0.5, 0.6) is 0 Å². The quantitative estimate of drug-likeness (QED) is 0.898. The van der Waals surface area contributed by atoms with Crippen molar-refractivity contribution in [2.24, 2.45) is 5.92 Å². The highest BCUT2D eigenvalue weighted by molar-refractivity contribution is 9.10. The normalized spacial score (nSPS) is 17.4. The number of hydrogen-bond donors (Lipinski definition) is 1. The molecule has 0 unspecified atom stereocenters. The Morgan fingerprint density at radius 2 is 2.06 bits per heavy atom. The van der Waals surface area contributed by atoms with Gasteiger partial charge in [0, 0.05) is 17.6 Å². The van der Waals surface area contributed by atoms with Crippen molar-refractivity contribution in [3.05, 3.63) is 27.7 Å². The average Bonchev–Trinajstić information content (AvgIpc) is 2.12. The van der Waals surface area contributed by atoms with E-state index in [4.69, 9.17) is 16.7 Å². The van der Waals surface area contributed by atoms with E-state index >= 15 is 0 Å². The van der Waals surface area contributed by atoms with Crippen molar-refractivity contribution >= 4 is 43.5 Å². The van der Waals surface area contributed by atoms with E-state index in [1.54, 1.807) is 6.07 Å². The Labute approximate surface area is 118 Å². The molecule has 1 N–H and O–H groups in total. The molecule has 1 heterocycles. The summed E-state index contributed by atoms with van der Waals surface area (Å²) in [4.78, 5) is 10.6. The van der Waals surface area contributed by atoms with E-state index in [1.165, 1.54) is 12.1 Å². The van der Waals surface area contributed by atoms with Crippen LogP contribution in [0, 0.1) is 5.92 Å². The van der Waals surface area contributed by atoms with Crippen LogP contribution in [0.4, 0.5) is 0 Å². The van der Waals surface area contributed by atoms with Gasteiger partial charge in [-0.3, -0.25) is 4.79 Å². The molecule has 0 amide bonds. The summed E-state index contributed by atoms with van der Waals surface area (Å²) >= 11 is 9.08. The zero-order chi connectivity index (χ0) is 13.5. The average molecular weight is 355 g/mol. The van der Waals surface area contributed by atoms with Crippen molar-refractivity contribution in [2.45, 2.75) is 4.90 Å². The number of nitrogens with zero attached hydrogens (tertiary/aromatic N) is 1. The minimum absolute atomic E-state index is 0.00351. The third-order valence-corrected chi connectivity index (χ3v) is 5.52. The predicted molar refractivity (Wildman–Crippen MR) is 69.0 cm³/mol. The summed E-state index contributed by atoms with van der Waals surface area (Å²) in [5, 5.41) is 8.84. The van der Waals surface area contributed by atoms with Gasteiger partial charge in [-0.05, 0) is 18.2 Å². The molecule has 1 aromatic rings. The van der Waals surface area contributed by atoms with Crippen molar-refractivity contribution in [2.75, 3.05) is 13.1 Å². The number of hydrogen-bond acceptors (Lipinski definition) is 3. The maximum atomic E-state index is 12.1. The van der Waals surface area contributed by atoms with Gasteiger partial charge in [-0.1, -0.05) is 27.5 Å². The predicted octanol–water partition coefficient (Wildman–Crippen LogP) is 1.81. The second-order valence-corrected chi connectivity index (χ2v) is 7.16. The van der Waals surface area contributed by atoms with E-state index in [-0.39, 0.29) is 23.0 Å². The van der Waals surface area contributed by atoms with E-state index in [2.05, 4.69) is 15.9 Å². The number of sulfonamides is 1. The summed E-state index contributed by atoms with van der Waals surface area (Å²) in [6.45, 7) is -0.0197. The monoisotopic (exact) mass is 353 g/mol. The van der Waals surface area contributed by atoms with Gasteiger partial charge < -0.3 is 5.11 Å². The third-order valence-electron chi connectivity index (χ3n) is 2.71. The Morgan fingerprint density at radius 3 is 2.56 bits per heavy atom. The molecule has 98 valence electrons. The summed E-state index contributed by atoms with van der Waals surface area (Å²) < 4.78 is 26.1. The van der Waals surface area contributed by atoms with E-state index < -0.39 is 21.9 Å². The zero-order valence-corrected chi connectivity index (χ0v) is 12.2. The maximum absolute atomic E-state index is 12.1. The lowest BCUT2D eigenvalue weighted by Crippen LogP contribution is -2.52. The number of carboxylic acid groups (broad SMARTS) is 1. The maximum Gasteiger partial charge on any atom is 0.309 e. The van der Waals surface area contributed by atoms with E-state index in [9.17, 15) is 13.2 Å². The standard InChI is InChI=1S/C10H9BrClNO4S/c11-7-1-2-9(8(12)3-7)18(16,17)13-4-6(5-13)10(14)15/h1-3,6H,4-5H2,(H,14,15). The van der Waals surface area contributed by atoms with Gasteiger partial charge >= 0.3 is 5.97 Å². The molecule has 2 rings (SSSR count). The first-order valence-corrected chi connectivity index (χ1v) is 7.61. The smallest absolute Gasteiger partial charge is 0.309 e. The zero-order valence-electron chi connectivity index (χ0n) is 9.01. The van der Waals surface area contributed by atoms with Crippen LogP contribution >= 0.6 is 27.5 Å². The van der Waals surface area contributed by atoms with Crippen LogP contribution in [0.1, 0.15) is 0 Å². The Hall–Kier alpha value is -0.630. The molecule has 8 heteroatoms. The SMILES string of the molecule is O=C(O)C1CN(S(=O)(=O)c2ccc(Br)cc2Cl)C1. The molecule has 1 aromatic carbocycles. The molecule has 0 aliphatic carbocycles. The lowest BCUT2D eigenvalue weighted by molar-refractivity contribution is -0.145. The minimum Gasteiger partial charge on any atom is -0.481 e. The van der Waals surface area contributed by atoms with Gasteiger partial charge in [0.15, 0.2) is 0 Å². The number of rotatable bonds is 3. The highest BCUT2D eigenvalue weighted by Crippen LogP contribution is 2.31. The van der Waals surface area contributed by atoms with Crippen molar-refractivity contribution in [1.29, 1.82) is 0 Å². The minimum atomic E-state index is -3.70. The molecule has 0 spiro atoms. The lowest BCUT2D eigenvalue weighted by atomic mass is 10.0. The largest absolute Gasteiger partial charge is 0.481 e. The van der Waals surface area contributed by atoms with E-state index in [0.29, 0.717) is 4.47 Å². The van der Waals surface area contributed by atoms with Gasteiger partial charge in [-0.15, -0.1) is 0 Å².